The Morgan fingerprint density at radius 1 is 1.17 bits per heavy atom. The molecule has 1 aliphatic rings. The fourth-order valence-electron chi connectivity index (χ4n) is 4.31. The van der Waals surface area contributed by atoms with E-state index in [2.05, 4.69) is 63.7 Å². The highest BCUT2D eigenvalue weighted by Crippen LogP contribution is 2.34. The summed E-state index contributed by atoms with van der Waals surface area (Å²) in [5.41, 5.74) is 3.71. The second kappa shape index (κ2) is 10.2. The Labute approximate surface area is 208 Å². The smallest absolute Gasteiger partial charge is 0.247 e. The summed E-state index contributed by atoms with van der Waals surface area (Å²) in [6.07, 6.45) is 3.54. The predicted molar refractivity (Wildman–Crippen MR) is 142 cm³/mol. The third-order valence-electron chi connectivity index (χ3n) is 6.04. The molecule has 1 amide bonds. The van der Waals surface area contributed by atoms with E-state index < -0.39 is 0 Å². The molecule has 178 valence electrons. The number of benzene rings is 2. The SMILES string of the molecule is C=CC(=O)Nc1cccc(Oc2nc(Nc3ccc(C4CCNC(C)C4)cc3)nc3ccsc23)c1. The normalized spacial score (nSPS) is 17.6. The number of rotatable bonds is 7. The Morgan fingerprint density at radius 3 is 2.83 bits per heavy atom. The van der Waals surface area contributed by atoms with Gasteiger partial charge >= 0.3 is 0 Å². The van der Waals surface area contributed by atoms with Crippen molar-refractivity contribution in [3.8, 4) is 11.6 Å². The number of carbonyl (C=O) groups excluding carboxylic acids is 1. The first-order valence-corrected chi connectivity index (χ1v) is 12.5. The third-order valence-corrected chi connectivity index (χ3v) is 6.93. The molecular weight excluding hydrogens is 458 g/mol. The number of thiophene rings is 1. The Kier molecular flexibility index (Phi) is 6.74. The molecule has 1 fully saturated rings. The number of nitrogens with zero attached hydrogens (tertiary/aromatic N) is 2. The van der Waals surface area contributed by atoms with E-state index in [-0.39, 0.29) is 5.91 Å². The van der Waals surface area contributed by atoms with Crippen LogP contribution < -0.4 is 20.7 Å². The number of piperidine rings is 1. The van der Waals surface area contributed by atoms with E-state index >= 15 is 0 Å². The van der Waals surface area contributed by atoms with E-state index in [4.69, 9.17) is 4.74 Å². The van der Waals surface area contributed by atoms with Crippen LogP contribution in [0.1, 0.15) is 31.2 Å². The summed E-state index contributed by atoms with van der Waals surface area (Å²) in [5.74, 6) is 1.79. The molecule has 5 rings (SSSR count). The molecule has 35 heavy (non-hydrogen) atoms. The maximum Gasteiger partial charge on any atom is 0.247 e. The fourth-order valence-corrected chi connectivity index (χ4v) is 5.06. The van der Waals surface area contributed by atoms with Gasteiger partial charge in [-0.25, -0.2) is 4.98 Å². The van der Waals surface area contributed by atoms with Crippen LogP contribution in [0, 0.1) is 0 Å². The summed E-state index contributed by atoms with van der Waals surface area (Å²) in [6.45, 7) is 6.79. The highest BCUT2D eigenvalue weighted by atomic mass is 32.1. The number of anilines is 3. The van der Waals surface area contributed by atoms with Gasteiger partial charge in [-0.1, -0.05) is 24.8 Å². The maximum absolute atomic E-state index is 11.6. The number of fused-ring (bicyclic) bond motifs is 1. The van der Waals surface area contributed by atoms with Crippen LogP contribution in [-0.2, 0) is 4.79 Å². The monoisotopic (exact) mass is 485 g/mol. The number of hydrogen-bond acceptors (Lipinski definition) is 7. The van der Waals surface area contributed by atoms with Crippen LogP contribution in [0.5, 0.6) is 11.6 Å². The molecule has 4 aromatic rings. The molecule has 8 heteroatoms. The minimum Gasteiger partial charge on any atom is -0.437 e. The van der Waals surface area contributed by atoms with E-state index in [0.717, 1.165) is 35.3 Å². The summed E-state index contributed by atoms with van der Waals surface area (Å²) < 4.78 is 6.98. The number of amides is 1. The Bertz CT molecular complexity index is 1350. The average Bonchev–Trinajstić information content (AvgIpc) is 3.34. The molecule has 1 aliphatic heterocycles. The van der Waals surface area contributed by atoms with Crippen LogP contribution in [0.4, 0.5) is 17.3 Å². The summed E-state index contributed by atoms with van der Waals surface area (Å²) in [6, 6.07) is 18.2. The Balaban J connectivity index is 1.35. The second-order valence-electron chi connectivity index (χ2n) is 8.63. The lowest BCUT2D eigenvalue weighted by Crippen LogP contribution is -2.34. The molecule has 0 aliphatic carbocycles. The molecule has 0 spiro atoms. The van der Waals surface area contributed by atoms with Gasteiger partial charge < -0.3 is 20.7 Å². The summed E-state index contributed by atoms with van der Waals surface area (Å²) >= 11 is 1.52. The molecule has 1 saturated heterocycles. The van der Waals surface area contributed by atoms with Gasteiger partial charge in [0.15, 0.2) is 0 Å². The molecule has 7 nitrogen and oxygen atoms in total. The van der Waals surface area contributed by atoms with E-state index in [1.807, 2.05) is 23.6 Å². The van der Waals surface area contributed by atoms with Crippen LogP contribution in [0.15, 0.2) is 72.6 Å². The van der Waals surface area contributed by atoms with E-state index in [1.165, 1.54) is 23.0 Å². The summed E-state index contributed by atoms with van der Waals surface area (Å²) in [7, 11) is 0. The van der Waals surface area contributed by atoms with Gasteiger partial charge in [0.25, 0.3) is 0 Å². The maximum atomic E-state index is 11.6. The number of nitrogens with one attached hydrogen (secondary N) is 3. The topological polar surface area (TPSA) is 88.2 Å². The van der Waals surface area contributed by atoms with Crippen molar-refractivity contribution in [1.29, 1.82) is 0 Å². The molecule has 3 heterocycles. The standard InChI is InChI=1S/C27H27N5O2S/c1-3-24(33)29-21-5-4-6-22(16-21)34-26-25-23(12-14-35-25)31-27(32-26)30-20-9-7-18(8-10-20)19-11-13-28-17(2)15-19/h3-10,12,14,16-17,19,28H,1,11,13,15H2,2H3,(H,29,33)(H,30,31,32). The van der Waals surface area contributed by atoms with E-state index in [0.29, 0.717) is 35.2 Å². The highest BCUT2D eigenvalue weighted by molar-refractivity contribution is 7.17. The number of ether oxygens (including phenoxy) is 1. The van der Waals surface area contributed by atoms with Crippen molar-refractivity contribution in [3.63, 3.8) is 0 Å². The lowest BCUT2D eigenvalue weighted by atomic mass is 9.87. The number of aromatic nitrogens is 2. The van der Waals surface area contributed by atoms with Crippen LogP contribution in [0.3, 0.4) is 0 Å². The first-order valence-electron chi connectivity index (χ1n) is 11.6. The van der Waals surface area contributed by atoms with E-state index in [9.17, 15) is 4.79 Å². The first kappa shape index (κ1) is 23.0. The van der Waals surface area contributed by atoms with Crippen molar-refractivity contribution in [3.05, 3.63) is 78.2 Å². The summed E-state index contributed by atoms with van der Waals surface area (Å²) in [5, 5.41) is 11.5. The quantitative estimate of drug-likeness (QED) is 0.270. The zero-order chi connectivity index (χ0) is 24.2. The van der Waals surface area contributed by atoms with Gasteiger partial charge in [0.1, 0.15) is 10.4 Å². The van der Waals surface area contributed by atoms with Crippen molar-refractivity contribution < 1.29 is 9.53 Å². The fraction of sp³-hybridized carbons (Fsp3) is 0.222. The van der Waals surface area contributed by atoms with Crippen molar-refractivity contribution in [2.75, 3.05) is 17.2 Å². The molecule has 2 aromatic heterocycles. The minimum atomic E-state index is -0.281. The van der Waals surface area contributed by atoms with Gasteiger partial charge in [-0.2, -0.15) is 4.98 Å². The largest absolute Gasteiger partial charge is 0.437 e. The number of hydrogen-bond donors (Lipinski definition) is 3. The zero-order valence-electron chi connectivity index (χ0n) is 19.5. The molecule has 3 N–H and O–H groups in total. The molecule has 2 atom stereocenters. The second-order valence-corrected chi connectivity index (χ2v) is 9.55. The average molecular weight is 486 g/mol. The molecular formula is C27H27N5O2S. The third kappa shape index (κ3) is 5.50. The van der Waals surface area contributed by atoms with Crippen molar-refractivity contribution in [1.82, 2.24) is 15.3 Å². The van der Waals surface area contributed by atoms with Crippen molar-refractivity contribution in [2.45, 2.75) is 31.7 Å². The molecule has 2 unspecified atom stereocenters. The molecule has 0 saturated carbocycles. The van der Waals surface area contributed by atoms with Crippen molar-refractivity contribution in [2.24, 2.45) is 0 Å². The van der Waals surface area contributed by atoms with Gasteiger partial charge in [0, 0.05) is 23.5 Å². The zero-order valence-corrected chi connectivity index (χ0v) is 20.3. The molecule has 0 radical (unpaired) electrons. The van der Waals surface area contributed by atoms with Crippen LogP contribution in [-0.4, -0.2) is 28.5 Å². The lowest BCUT2D eigenvalue weighted by Gasteiger charge is -2.28. The van der Waals surface area contributed by atoms with Crippen LogP contribution in [0.25, 0.3) is 10.2 Å². The van der Waals surface area contributed by atoms with Crippen molar-refractivity contribution >= 4 is 44.8 Å². The Morgan fingerprint density at radius 2 is 2.03 bits per heavy atom. The van der Waals surface area contributed by atoms with Crippen LogP contribution in [0.2, 0.25) is 0 Å². The van der Waals surface area contributed by atoms with Crippen LogP contribution >= 0.6 is 11.3 Å². The number of carbonyl (C=O) groups is 1. The van der Waals surface area contributed by atoms with Gasteiger partial charge in [0.05, 0.1) is 5.52 Å². The van der Waals surface area contributed by atoms with Gasteiger partial charge in [-0.05, 0) is 79.6 Å². The van der Waals surface area contributed by atoms with Gasteiger partial charge in [-0.3, -0.25) is 4.79 Å². The summed E-state index contributed by atoms with van der Waals surface area (Å²) in [4.78, 5) is 20.9. The highest BCUT2D eigenvalue weighted by Gasteiger charge is 2.20. The molecule has 0 bridgehead atoms. The van der Waals surface area contributed by atoms with Gasteiger partial charge in [0.2, 0.25) is 17.7 Å². The lowest BCUT2D eigenvalue weighted by molar-refractivity contribution is -0.111. The van der Waals surface area contributed by atoms with Gasteiger partial charge in [-0.15, -0.1) is 11.3 Å². The minimum absolute atomic E-state index is 0.281. The Hall–Kier alpha value is -3.75. The predicted octanol–water partition coefficient (Wildman–Crippen LogP) is 6.21. The molecule has 2 aromatic carbocycles. The first-order chi connectivity index (χ1) is 17.1. The van der Waals surface area contributed by atoms with E-state index in [1.54, 1.807) is 12.1 Å².